The Bertz CT molecular complexity index is 1640. The lowest BCUT2D eigenvalue weighted by molar-refractivity contribution is 0.0981. The molecule has 194 valence electrons. The third kappa shape index (κ3) is 6.77. The zero-order valence-corrected chi connectivity index (χ0v) is 21.8. The molecule has 6 nitrogen and oxygen atoms in total. The summed E-state index contributed by atoms with van der Waals surface area (Å²) in [4.78, 5) is 17.0. The van der Waals surface area contributed by atoms with Crippen LogP contribution in [0.15, 0.2) is 132 Å². The van der Waals surface area contributed by atoms with Crippen molar-refractivity contribution in [1.29, 1.82) is 0 Å². The van der Waals surface area contributed by atoms with Gasteiger partial charge in [0.15, 0.2) is 0 Å². The highest BCUT2D eigenvalue weighted by atomic mass is 32.2. The molecule has 1 N–H and O–H groups in total. The summed E-state index contributed by atoms with van der Waals surface area (Å²) in [5, 5.41) is 0. The number of nitrogens with zero attached hydrogens (tertiary/aromatic N) is 1. The summed E-state index contributed by atoms with van der Waals surface area (Å²) < 4.78 is 33.7. The molecule has 0 atom stereocenters. The molecular formula is C32H26N2O4S. The summed E-state index contributed by atoms with van der Waals surface area (Å²) in [6, 6.07) is 36.1. The second kappa shape index (κ2) is 11.8. The van der Waals surface area contributed by atoms with Crippen molar-refractivity contribution in [2.75, 3.05) is 0 Å². The predicted octanol–water partition coefficient (Wildman–Crippen LogP) is 6.44. The number of sulfonamides is 1. The molecule has 1 heterocycles. The maximum Gasteiger partial charge on any atom is 0.264 e. The van der Waals surface area contributed by atoms with Crippen LogP contribution in [0.5, 0.6) is 11.5 Å². The molecule has 7 heteroatoms. The number of para-hydroxylation sites is 1. The van der Waals surface area contributed by atoms with E-state index >= 15 is 0 Å². The Balaban J connectivity index is 1.19. The number of hydrogen-bond acceptors (Lipinski definition) is 5. The first-order valence-electron chi connectivity index (χ1n) is 12.5. The Labute approximate surface area is 228 Å². The highest BCUT2D eigenvalue weighted by molar-refractivity contribution is 7.90. The van der Waals surface area contributed by atoms with Crippen LogP contribution in [0.2, 0.25) is 0 Å². The second-order valence-electron chi connectivity index (χ2n) is 8.92. The lowest BCUT2D eigenvalue weighted by Gasteiger charge is -2.10. The number of nitrogens with one attached hydrogen (secondary N) is 1. The largest absolute Gasteiger partial charge is 0.457 e. The number of amides is 1. The van der Waals surface area contributed by atoms with E-state index in [-0.39, 0.29) is 10.5 Å². The lowest BCUT2D eigenvalue weighted by Crippen LogP contribution is -2.30. The number of benzene rings is 4. The summed E-state index contributed by atoms with van der Waals surface area (Å²) in [5.41, 5.74) is 4.05. The van der Waals surface area contributed by atoms with E-state index in [1.165, 1.54) is 12.1 Å². The molecule has 0 aliphatic rings. The van der Waals surface area contributed by atoms with Gasteiger partial charge in [0.2, 0.25) is 0 Å². The van der Waals surface area contributed by atoms with Gasteiger partial charge in [-0.1, -0.05) is 60.7 Å². The number of aryl methyl sites for hydroxylation is 2. The van der Waals surface area contributed by atoms with Crippen LogP contribution in [-0.2, 0) is 22.9 Å². The van der Waals surface area contributed by atoms with Gasteiger partial charge in [0.25, 0.3) is 15.9 Å². The van der Waals surface area contributed by atoms with Crippen LogP contribution in [0.3, 0.4) is 0 Å². The topological polar surface area (TPSA) is 85.4 Å². The molecule has 5 aromatic rings. The van der Waals surface area contributed by atoms with Gasteiger partial charge in [-0.3, -0.25) is 9.78 Å². The van der Waals surface area contributed by atoms with Crippen molar-refractivity contribution in [2.45, 2.75) is 17.7 Å². The molecule has 4 aromatic carbocycles. The van der Waals surface area contributed by atoms with Crippen LogP contribution in [0, 0.1) is 0 Å². The van der Waals surface area contributed by atoms with Crippen molar-refractivity contribution in [3.05, 3.63) is 144 Å². The van der Waals surface area contributed by atoms with Gasteiger partial charge in [0.05, 0.1) is 4.90 Å². The van der Waals surface area contributed by atoms with Gasteiger partial charge in [0.1, 0.15) is 11.5 Å². The van der Waals surface area contributed by atoms with Crippen LogP contribution in [0.1, 0.15) is 21.6 Å². The molecule has 0 bridgehead atoms. The van der Waals surface area contributed by atoms with Gasteiger partial charge in [-0.2, -0.15) is 0 Å². The Morgan fingerprint density at radius 3 is 1.92 bits per heavy atom. The predicted molar refractivity (Wildman–Crippen MR) is 151 cm³/mol. The van der Waals surface area contributed by atoms with Crippen molar-refractivity contribution >= 4 is 15.9 Å². The van der Waals surface area contributed by atoms with Gasteiger partial charge in [-0.15, -0.1) is 0 Å². The molecule has 0 fully saturated rings. The van der Waals surface area contributed by atoms with Gasteiger partial charge in [-0.05, 0) is 90.2 Å². The number of rotatable bonds is 9. The fourth-order valence-electron chi connectivity index (χ4n) is 4.05. The van der Waals surface area contributed by atoms with Crippen molar-refractivity contribution in [1.82, 2.24) is 9.71 Å². The van der Waals surface area contributed by atoms with E-state index in [2.05, 4.69) is 9.71 Å². The van der Waals surface area contributed by atoms with Gasteiger partial charge < -0.3 is 4.74 Å². The Morgan fingerprint density at radius 2 is 1.28 bits per heavy atom. The van der Waals surface area contributed by atoms with Gasteiger partial charge in [0, 0.05) is 17.5 Å². The molecule has 1 amide bonds. The first-order valence-corrected chi connectivity index (χ1v) is 13.9. The van der Waals surface area contributed by atoms with Crippen molar-refractivity contribution in [3.8, 4) is 22.6 Å². The number of aromatic nitrogens is 1. The molecular weight excluding hydrogens is 508 g/mol. The minimum absolute atomic E-state index is 0.00983. The molecule has 0 aliphatic carbocycles. The smallest absolute Gasteiger partial charge is 0.264 e. The average Bonchev–Trinajstić information content (AvgIpc) is 2.98. The molecule has 0 aliphatic heterocycles. The third-order valence-electron chi connectivity index (χ3n) is 6.17. The molecule has 0 spiro atoms. The minimum Gasteiger partial charge on any atom is -0.457 e. The Kier molecular flexibility index (Phi) is 7.80. The third-order valence-corrected chi connectivity index (χ3v) is 7.52. The van der Waals surface area contributed by atoms with Gasteiger partial charge in [-0.25, -0.2) is 13.1 Å². The minimum atomic E-state index is -4.03. The highest BCUT2D eigenvalue weighted by Crippen LogP contribution is 2.26. The van der Waals surface area contributed by atoms with E-state index in [9.17, 15) is 13.2 Å². The monoisotopic (exact) mass is 534 g/mol. The molecule has 39 heavy (non-hydrogen) atoms. The van der Waals surface area contributed by atoms with Crippen LogP contribution >= 0.6 is 0 Å². The van der Waals surface area contributed by atoms with E-state index in [0.29, 0.717) is 5.75 Å². The normalized spacial score (nSPS) is 11.1. The van der Waals surface area contributed by atoms with Crippen LogP contribution < -0.4 is 9.46 Å². The molecule has 0 unspecified atom stereocenters. The zero-order valence-electron chi connectivity index (χ0n) is 21.0. The van der Waals surface area contributed by atoms with E-state index in [1.54, 1.807) is 30.5 Å². The van der Waals surface area contributed by atoms with Crippen molar-refractivity contribution in [2.24, 2.45) is 0 Å². The second-order valence-corrected chi connectivity index (χ2v) is 10.6. The van der Waals surface area contributed by atoms with E-state index in [4.69, 9.17) is 4.74 Å². The van der Waals surface area contributed by atoms with Crippen LogP contribution in [-0.4, -0.2) is 19.3 Å². The summed E-state index contributed by atoms with van der Waals surface area (Å²) >= 11 is 0. The maximum atomic E-state index is 12.9. The number of carbonyl (C=O) groups excluding carboxylic acids is 1. The average molecular weight is 535 g/mol. The molecule has 1 aromatic heterocycles. The lowest BCUT2D eigenvalue weighted by atomic mass is 10.1. The number of pyridine rings is 1. The zero-order chi connectivity index (χ0) is 27.1. The summed E-state index contributed by atoms with van der Waals surface area (Å²) in [5.74, 6) is 0.774. The van der Waals surface area contributed by atoms with E-state index in [0.717, 1.165) is 41.0 Å². The summed E-state index contributed by atoms with van der Waals surface area (Å²) in [6.07, 6.45) is 3.31. The molecule has 0 saturated carbocycles. The Hall–Kier alpha value is -4.75. The van der Waals surface area contributed by atoms with Crippen LogP contribution in [0.25, 0.3) is 11.1 Å². The molecule has 5 rings (SSSR count). The van der Waals surface area contributed by atoms with Crippen molar-refractivity contribution in [3.63, 3.8) is 0 Å². The van der Waals surface area contributed by atoms with E-state index in [1.807, 2.05) is 84.9 Å². The van der Waals surface area contributed by atoms with Gasteiger partial charge >= 0.3 is 0 Å². The summed E-state index contributed by atoms with van der Waals surface area (Å²) in [6.45, 7) is 0. The first kappa shape index (κ1) is 25.9. The number of ether oxygens (including phenoxy) is 1. The molecule has 0 radical (unpaired) electrons. The standard InChI is InChI=1S/C32H26N2O4S/c35-32(27-12-9-24(10-13-27)11-18-28-6-4-5-23-33-28)34-39(36,37)31-21-16-26(17-22-31)25-14-19-30(20-15-25)38-29-7-2-1-3-8-29/h1-10,12-17,19-23H,11,18H2,(H,34,35). The number of hydrogen-bond donors (Lipinski definition) is 1. The SMILES string of the molecule is O=C(NS(=O)(=O)c1ccc(-c2ccc(Oc3ccccc3)cc2)cc1)c1ccc(CCc2ccccn2)cc1. The summed E-state index contributed by atoms with van der Waals surface area (Å²) in [7, 11) is -4.03. The Morgan fingerprint density at radius 1 is 0.667 bits per heavy atom. The van der Waals surface area contributed by atoms with E-state index < -0.39 is 15.9 Å². The quantitative estimate of drug-likeness (QED) is 0.235. The maximum absolute atomic E-state index is 12.9. The molecule has 0 saturated heterocycles. The first-order chi connectivity index (χ1) is 19.0. The highest BCUT2D eigenvalue weighted by Gasteiger charge is 2.19. The van der Waals surface area contributed by atoms with Crippen LogP contribution in [0.4, 0.5) is 0 Å². The number of carbonyl (C=O) groups is 1. The fourth-order valence-corrected chi connectivity index (χ4v) is 5.02. The fraction of sp³-hybridized carbons (Fsp3) is 0.0625. The van der Waals surface area contributed by atoms with Crippen molar-refractivity contribution < 1.29 is 17.9 Å².